The Labute approximate surface area is 299 Å². The van der Waals surface area contributed by atoms with E-state index < -0.39 is 17.6 Å². The zero-order valence-corrected chi connectivity index (χ0v) is 29.9. The van der Waals surface area contributed by atoms with Gasteiger partial charge in [0.15, 0.2) is 0 Å². The van der Waals surface area contributed by atoms with Crippen molar-refractivity contribution >= 4 is 17.9 Å². The monoisotopic (exact) mass is 695 g/mol. The minimum Gasteiger partial charge on any atom is -0.465 e. The van der Waals surface area contributed by atoms with Gasteiger partial charge in [0.25, 0.3) is 0 Å². The van der Waals surface area contributed by atoms with E-state index in [1.54, 1.807) is 11.8 Å². The standard InChI is InChI=1S/C39H49N7O5/c1-25(2)33(44(4)37(49)50)36(48)45-20-8-11-29(45)34-40-23-31(42-34)39(16-12-28(13-17-39)27-9-6-5-7-10-27)32-24-41-35(43-32)30-14-15-38(46(30)26(3)47)18-21-51-22-19-38/h5-7,9-10,12-13,16-17,23-25,28-30,33H,8,11,14-15,18-22H2,1-4H3,(H,40,42)(H,41,43)(H,49,50)/t28?,29-,30?,33-,39?/m0/s1. The van der Waals surface area contributed by atoms with Gasteiger partial charge in [0.1, 0.15) is 17.7 Å². The van der Waals surface area contributed by atoms with E-state index in [1.165, 1.54) is 12.6 Å². The molecule has 0 bridgehead atoms. The third-order valence-electron chi connectivity index (χ3n) is 11.6. The minimum absolute atomic E-state index is 0.0529. The smallest absolute Gasteiger partial charge is 0.407 e. The molecule has 1 aliphatic carbocycles. The number of rotatable bonds is 8. The largest absolute Gasteiger partial charge is 0.465 e. The first-order valence-electron chi connectivity index (χ1n) is 18.2. The molecule has 12 heteroatoms. The summed E-state index contributed by atoms with van der Waals surface area (Å²) in [5.74, 6) is 1.16. The molecular weight excluding hydrogens is 646 g/mol. The van der Waals surface area contributed by atoms with Crippen molar-refractivity contribution in [2.45, 2.75) is 94.3 Å². The number of imidazole rings is 2. The first kappa shape index (κ1) is 34.7. The summed E-state index contributed by atoms with van der Waals surface area (Å²) in [6.07, 6.45) is 16.3. The molecule has 7 rings (SSSR count). The molecule has 270 valence electrons. The first-order chi connectivity index (χ1) is 24.5. The first-order valence-corrected chi connectivity index (χ1v) is 18.2. The Morgan fingerprint density at radius 3 is 2.16 bits per heavy atom. The van der Waals surface area contributed by atoms with E-state index in [-0.39, 0.29) is 41.3 Å². The number of carbonyl (C=O) groups is 3. The van der Waals surface area contributed by atoms with Crippen molar-refractivity contribution in [1.29, 1.82) is 0 Å². The Morgan fingerprint density at radius 1 is 0.941 bits per heavy atom. The number of benzene rings is 1. The molecule has 51 heavy (non-hydrogen) atoms. The van der Waals surface area contributed by atoms with E-state index in [0.29, 0.717) is 25.6 Å². The molecule has 5 heterocycles. The maximum atomic E-state index is 13.9. The number of nitrogens with zero attached hydrogens (tertiary/aromatic N) is 5. The third-order valence-corrected chi connectivity index (χ3v) is 11.6. The summed E-state index contributed by atoms with van der Waals surface area (Å²) in [6, 6.07) is 9.06. The molecule has 1 spiro atoms. The predicted octanol–water partition coefficient (Wildman–Crippen LogP) is 5.86. The number of likely N-dealkylation sites (N-methyl/N-ethyl adjacent to an activating group) is 1. The molecule has 3 aliphatic heterocycles. The predicted molar refractivity (Wildman–Crippen MR) is 191 cm³/mol. The lowest BCUT2D eigenvalue weighted by Crippen LogP contribution is -2.51. The number of ether oxygens (including phenoxy) is 1. The quantitative estimate of drug-likeness (QED) is 0.250. The highest BCUT2D eigenvalue weighted by Crippen LogP contribution is 2.48. The Balaban J connectivity index is 1.23. The van der Waals surface area contributed by atoms with E-state index in [4.69, 9.17) is 14.7 Å². The van der Waals surface area contributed by atoms with Crippen molar-refractivity contribution in [2.24, 2.45) is 5.92 Å². The minimum atomic E-state index is -1.13. The van der Waals surface area contributed by atoms with E-state index in [1.807, 2.05) is 49.3 Å². The van der Waals surface area contributed by atoms with E-state index in [2.05, 4.69) is 46.4 Å². The van der Waals surface area contributed by atoms with E-state index in [0.717, 1.165) is 60.6 Å². The van der Waals surface area contributed by atoms with Gasteiger partial charge < -0.3 is 29.6 Å². The lowest BCUT2D eigenvalue weighted by Gasteiger charge is -2.42. The van der Waals surface area contributed by atoms with Crippen LogP contribution in [0, 0.1) is 5.92 Å². The second-order valence-corrected chi connectivity index (χ2v) is 14.9. The SMILES string of the molecule is CC(=O)N1C(c2nc(C3(c4c[nH]c([C@@H]5CCCN5C(=O)[C@H](C(C)C)N(C)C(=O)O)n4)C=CC(c4ccccc4)C=C3)c[nH]2)CCC12CCOCC2. The molecule has 1 aromatic carbocycles. The van der Waals surface area contributed by atoms with Crippen LogP contribution in [0.3, 0.4) is 0 Å². The van der Waals surface area contributed by atoms with Crippen LogP contribution in [0.4, 0.5) is 4.79 Å². The van der Waals surface area contributed by atoms with Crippen molar-refractivity contribution in [3.05, 3.63) is 95.6 Å². The van der Waals surface area contributed by atoms with Crippen molar-refractivity contribution in [1.82, 2.24) is 34.6 Å². The van der Waals surface area contributed by atoms with Crippen LogP contribution in [0.2, 0.25) is 0 Å². The molecule has 3 fully saturated rings. The summed E-state index contributed by atoms with van der Waals surface area (Å²) in [6.45, 7) is 7.24. The van der Waals surface area contributed by atoms with Crippen LogP contribution >= 0.6 is 0 Å². The van der Waals surface area contributed by atoms with Gasteiger partial charge in [-0.3, -0.25) is 14.5 Å². The maximum absolute atomic E-state index is 13.9. The van der Waals surface area contributed by atoms with E-state index in [9.17, 15) is 19.5 Å². The van der Waals surface area contributed by atoms with Gasteiger partial charge in [-0.1, -0.05) is 68.5 Å². The molecule has 3 amide bonds. The molecule has 4 aliphatic rings. The van der Waals surface area contributed by atoms with Crippen LogP contribution in [0.5, 0.6) is 0 Å². The van der Waals surface area contributed by atoms with Crippen LogP contribution in [-0.2, 0) is 19.7 Å². The fraction of sp³-hybridized carbons (Fsp3) is 0.513. The highest BCUT2D eigenvalue weighted by Gasteiger charge is 2.50. The lowest BCUT2D eigenvalue weighted by molar-refractivity contribution is -0.140. The van der Waals surface area contributed by atoms with Crippen LogP contribution in [-0.4, -0.2) is 96.0 Å². The number of aromatic nitrogens is 4. The van der Waals surface area contributed by atoms with Crippen molar-refractivity contribution < 1.29 is 24.2 Å². The van der Waals surface area contributed by atoms with Gasteiger partial charge >= 0.3 is 6.09 Å². The number of allylic oxidation sites excluding steroid dienone is 4. The lowest BCUT2D eigenvalue weighted by atomic mass is 9.75. The van der Waals surface area contributed by atoms with Gasteiger partial charge in [0.2, 0.25) is 11.8 Å². The summed E-state index contributed by atoms with van der Waals surface area (Å²) in [5.41, 5.74) is 1.67. The van der Waals surface area contributed by atoms with Gasteiger partial charge in [-0.05, 0) is 50.0 Å². The molecular formula is C39H49N7O5. The highest BCUT2D eigenvalue weighted by molar-refractivity contribution is 5.86. The van der Waals surface area contributed by atoms with Crippen molar-refractivity contribution in [3.63, 3.8) is 0 Å². The van der Waals surface area contributed by atoms with Crippen LogP contribution in [0.15, 0.2) is 67.0 Å². The number of carboxylic acid groups (broad SMARTS) is 1. The molecule has 1 unspecified atom stereocenters. The van der Waals surface area contributed by atoms with Gasteiger partial charge in [-0.15, -0.1) is 0 Å². The Morgan fingerprint density at radius 2 is 1.57 bits per heavy atom. The molecule has 0 radical (unpaired) electrons. The average molecular weight is 696 g/mol. The summed E-state index contributed by atoms with van der Waals surface area (Å²) in [7, 11) is 1.46. The van der Waals surface area contributed by atoms with Gasteiger partial charge in [0.05, 0.1) is 28.9 Å². The molecule has 3 atom stereocenters. The van der Waals surface area contributed by atoms with Crippen LogP contribution in [0.25, 0.3) is 0 Å². The maximum Gasteiger partial charge on any atom is 0.407 e. The molecule has 0 saturated carbocycles. The summed E-state index contributed by atoms with van der Waals surface area (Å²) in [4.78, 5) is 61.2. The zero-order chi connectivity index (χ0) is 35.9. The number of nitrogens with one attached hydrogen (secondary N) is 2. The van der Waals surface area contributed by atoms with Crippen molar-refractivity contribution in [2.75, 3.05) is 26.8 Å². The summed E-state index contributed by atoms with van der Waals surface area (Å²) < 4.78 is 5.68. The van der Waals surface area contributed by atoms with Crippen LogP contribution < -0.4 is 0 Å². The number of H-pyrrole nitrogens is 2. The highest BCUT2D eigenvalue weighted by atomic mass is 16.5. The Kier molecular flexibility index (Phi) is 9.38. The number of hydrogen-bond acceptors (Lipinski definition) is 6. The van der Waals surface area contributed by atoms with Gasteiger partial charge in [-0.25, -0.2) is 14.8 Å². The number of likely N-dealkylation sites (tertiary alicyclic amines) is 2. The normalized spacial score (nSPS) is 26.3. The summed E-state index contributed by atoms with van der Waals surface area (Å²) >= 11 is 0. The van der Waals surface area contributed by atoms with Crippen LogP contribution in [0.1, 0.15) is 106 Å². The molecule has 12 nitrogen and oxygen atoms in total. The van der Waals surface area contributed by atoms with Crippen molar-refractivity contribution in [3.8, 4) is 0 Å². The molecule has 3 aromatic rings. The number of aromatic amines is 2. The summed E-state index contributed by atoms with van der Waals surface area (Å²) in [5, 5.41) is 9.72. The van der Waals surface area contributed by atoms with Gasteiger partial charge in [0, 0.05) is 57.6 Å². The topological polar surface area (TPSA) is 148 Å². The number of amides is 3. The zero-order valence-electron chi connectivity index (χ0n) is 29.9. The fourth-order valence-corrected chi connectivity index (χ4v) is 8.98. The van der Waals surface area contributed by atoms with Gasteiger partial charge in [-0.2, -0.15) is 0 Å². The fourth-order valence-electron chi connectivity index (χ4n) is 8.98. The Hall–Kier alpha value is -4.71. The molecule has 2 aromatic heterocycles. The second kappa shape index (κ2) is 13.8. The molecule has 3 saturated heterocycles. The second-order valence-electron chi connectivity index (χ2n) is 14.9. The third kappa shape index (κ3) is 6.17. The molecule has 3 N–H and O–H groups in total. The average Bonchev–Trinajstić information content (AvgIpc) is 3.95. The van der Waals surface area contributed by atoms with E-state index >= 15 is 0 Å². The number of hydrogen-bond donors (Lipinski definition) is 3. The number of carbonyl (C=O) groups excluding carboxylic acids is 2. The Bertz CT molecular complexity index is 1790.